The molecule has 0 bridgehead atoms. The van der Waals surface area contributed by atoms with Crippen LogP contribution in [0, 0.1) is 5.82 Å². The van der Waals surface area contributed by atoms with Gasteiger partial charge in [0, 0.05) is 5.56 Å². The maximum absolute atomic E-state index is 13.6. The summed E-state index contributed by atoms with van der Waals surface area (Å²) in [5.74, 6) is 1.55. The smallest absolute Gasteiger partial charge is 0.134 e. The Labute approximate surface area is 123 Å². The molecule has 0 radical (unpaired) electrons. The molecule has 0 aromatic heterocycles. The summed E-state index contributed by atoms with van der Waals surface area (Å²) >= 11 is 5.75. The Morgan fingerprint density at radius 3 is 2.40 bits per heavy atom. The fraction of sp³-hybridized carbons (Fsp3) is 0.250. The molecule has 2 aromatic carbocycles. The summed E-state index contributed by atoms with van der Waals surface area (Å²) in [5.41, 5.74) is 0.362. The molecule has 106 valence electrons. The number of hydrogen-bond acceptors (Lipinski definition) is 2. The average Bonchev–Trinajstić information content (AvgIpc) is 2.47. The molecule has 0 N–H and O–H groups in total. The van der Waals surface area contributed by atoms with Crippen molar-refractivity contribution in [1.82, 2.24) is 0 Å². The second-order valence-corrected chi connectivity index (χ2v) is 4.54. The van der Waals surface area contributed by atoms with Gasteiger partial charge in [0.1, 0.15) is 23.1 Å². The lowest BCUT2D eigenvalue weighted by Gasteiger charge is -2.11. The minimum Gasteiger partial charge on any atom is -0.494 e. The van der Waals surface area contributed by atoms with Crippen molar-refractivity contribution in [3.8, 4) is 17.2 Å². The molecule has 0 amide bonds. The van der Waals surface area contributed by atoms with E-state index in [0.717, 1.165) is 12.2 Å². The molecule has 2 aromatic rings. The van der Waals surface area contributed by atoms with Crippen LogP contribution < -0.4 is 9.47 Å². The summed E-state index contributed by atoms with van der Waals surface area (Å²) in [6, 6.07) is 11.9. The molecular formula is C16H16ClFO2. The van der Waals surface area contributed by atoms with E-state index in [1.807, 2.05) is 12.1 Å². The number of alkyl halides is 1. The largest absolute Gasteiger partial charge is 0.494 e. The van der Waals surface area contributed by atoms with E-state index in [1.165, 1.54) is 6.07 Å². The lowest BCUT2D eigenvalue weighted by atomic mass is 10.2. The fourth-order valence-electron chi connectivity index (χ4n) is 1.71. The van der Waals surface area contributed by atoms with Crippen molar-refractivity contribution in [3.05, 3.63) is 53.8 Å². The van der Waals surface area contributed by atoms with Crippen LogP contribution in [0.3, 0.4) is 0 Å². The maximum atomic E-state index is 13.6. The fourth-order valence-corrected chi connectivity index (χ4v) is 1.97. The zero-order valence-electron chi connectivity index (χ0n) is 11.2. The predicted molar refractivity (Wildman–Crippen MR) is 78.3 cm³/mol. The van der Waals surface area contributed by atoms with Crippen molar-refractivity contribution in [1.29, 1.82) is 0 Å². The summed E-state index contributed by atoms with van der Waals surface area (Å²) in [6.07, 6.45) is 0.959. The molecule has 20 heavy (non-hydrogen) atoms. The van der Waals surface area contributed by atoms with Crippen LogP contribution in [0.25, 0.3) is 0 Å². The first-order valence-electron chi connectivity index (χ1n) is 6.48. The molecule has 0 saturated heterocycles. The van der Waals surface area contributed by atoms with Crippen molar-refractivity contribution < 1.29 is 13.9 Å². The van der Waals surface area contributed by atoms with Gasteiger partial charge in [-0.2, -0.15) is 0 Å². The van der Waals surface area contributed by atoms with Crippen molar-refractivity contribution in [2.75, 3.05) is 6.61 Å². The third kappa shape index (κ3) is 3.64. The van der Waals surface area contributed by atoms with Gasteiger partial charge in [-0.3, -0.25) is 0 Å². The van der Waals surface area contributed by atoms with Crippen molar-refractivity contribution >= 4 is 11.6 Å². The van der Waals surface area contributed by atoms with Crippen LogP contribution in [0.5, 0.6) is 17.2 Å². The Morgan fingerprint density at radius 1 is 1.05 bits per heavy atom. The molecule has 0 fully saturated rings. The Kier molecular flexibility index (Phi) is 5.24. The Balaban J connectivity index is 2.12. The van der Waals surface area contributed by atoms with Crippen LogP contribution in [-0.2, 0) is 5.88 Å². The van der Waals surface area contributed by atoms with E-state index >= 15 is 0 Å². The molecule has 0 atom stereocenters. The van der Waals surface area contributed by atoms with Crippen LogP contribution in [0.1, 0.15) is 18.9 Å². The standard InChI is InChI=1S/C16H16ClFO2/c1-2-10-19-12-6-8-13(9-7-12)20-16-5-3-4-15(18)14(16)11-17/h3-9H,2,10-11H2,1H3. The van der Waals surface area contributed by atoms with Gasteiger partial charge >= 0.3 is 0 Å². The second kappa shape index (κ2) is 7.15. The molecule has 4 heteroatoms. The van der Waals surface area contributed by atoms with E-state index in [1.54, 1.807) is 24.3 Å². The van der Waals surface area contributed by atoms with E-state index in [4.69, 9.17) is 21.1 Å². The van der Waals surface area contributed by atoms with Gasteiger partial charge in [0.2, 0.25) is 0 Å². The normalized spacial score (nSPS) is 10.3. The number of ether oxygens (including phenoxy) is 2. The highest BCUT2D eigenvalue weighted by Crippen LogP contribution is 2.29. The van der Waals surface area contributed by atoms with Gasteiger partial charge in [-0.25, -0.2) is 4.39 Å². The van der Waals surface area contributed by atoms with Crippen molar-refractivity contribution in [2.24, 2.45) is 0 Å². The Morgan fingerprint density at radius 2 is 1.75 bits per heavy atom. The van der Waals surface area contributed by atoms with Gasteiger partial charge in [-0.1, -0.05) is 13.0 Å². The third-order valence-electron chi connectivity index (χ3n) is 2.73. The minimum absolute atomic E-state index is 0.0691. The molecule has 0 aliphatic rings. The van der Waals surface area contributed by atoms with Gasteiger partial charge in [0.25, 0.3) is 0 Å². The molecule has 0 saturated carbocycles. The molecule has 0 aliphatic carbocycles. The first kappa shape index (κ1) is 14.7. The molecule has 2 rings (SSSR count). The quantitative estimate of drug-likeness (QED) is 0.686. The van der Waals surface area contributed by atoms with Crippen LogP contribution in [0.4, 0.5) is 4.39 Å². The third-order valence-corrected chi connectivity index (χ3v) is 3.00. The van der Waals surface area contributed by atoms with Crippen molar-refractivity contribution in [3.63, 3.8) is 0 Å². The second-order valence-electron chi connectivity index (χ2n) is 4.27. The van der Waals surface area contributed by atoms with E-state index in [9.17, 15) is 4.39 Å². The Hall–Kier alpha value is -1.74. The van der Waals surface area contributed by atoms with Crippen LogP contribution >= 0.6 is 11.6 Å². The Bertz CT molecular complexity index is 555. The molecule has 2 nitrogen and oxygen atoms in total. The molecular weight excluding hydrogens is 279 g/mol. The maximum Gasteiger partial charge on any atom is 0.134 e. The van der Waals surface area contributed by atoms with Crippen LogP contribution in [0.15, 0.2) is 42.5 Å². The molecule has 0 spiro atoms. The van der Waals surface area contributed by atoms with E-state index in [2.05, 4.69) is 6.92 Å². The van der Waals surface area contributed by atoms with Crippen LogP contribution in [-0.4, -0.2) is 6.61 Å². The summed E-state index contributed by atoms with van der Waals surface area (Å²) < 4.78 is 24.7. The highest BCUT2D eigenvalue weighted by Gasteiger charge is 2.09. The molecule has 0 unspecified atom stereocenters. The van der Waals surface area contributed by atoms with Gasteiger partial charge in [-0.05, 0) is 42.8 Å². The topological polar surface area (TPSA) is 18.5 Å². The summed E-state index contributed by atoms with van der Waals surface area (Å²) in [5, 5.41) is 0. The van der Waals surface area contributed by atoms with Gasteiger partial charge in [0.05, 0.1) is 12.5 Å². The van der Waals surface area contributed by atoms with Gasteiger partial charge in [-0.15, -0.1) is 11.6 Å². The number of hydrogen-bond donors (Lipinski definition) is 0. The van der Waals surface area contributed by atoms with Crippen molar-refractivity contribution in [2.45, 2.75) is 19.2 Å². The summed E-state index contributed by atoms with van der Waals surface area (Å²) in [7, 11) is 0. The number of benzene rings is 2. The van der Waals surface area contributed by atoms with Gasteiger partial charge < -0.3 is 9.47 Å². The highest BCUT2D eigenvalue weighted by molar-refractivity contribution is 6.17. The van der Waals surface area contributed by atoms with Gasteiger partial charge in [0.15, 0.2) is 0 Å². The highest BCUT2D eigenvalue weighted by atomic mass is 35.5. The number of halogens is 2. The lowest BCUT2D eigenvalue weighted by molar-refractivity contribution is 0.317. The minimum atomic E-state index is -0.361. The monoisotopic (exact) mass is 294 g/mol. The predicted octanol–water partition coefficient (Wildman–Crippen LogP) is 5.15. The zero-order chi connectivity index (χ0) is 14.4. The SMILES string of the molecule is CCCOc1ccc(Oc2cccc(F)c2CCl)cc1. The van der Waals surface area contributed by atoms with E-state index in [0.29, 0.717) is 23.7 Å². The first-order chi connectivity index (χ1) is 9.74. The zero-order valence-corrected chi connectivity index (χ0v) is 12.0. The summed E-state index contributed by atoms with van der Waals surface area (Å²) in [4.78, 5) is 0. The average molecular weight is 295 g/mol. The summed E-state index contributed by atoms with van der Waals surface area (Å²) in [6.45, 7) is 2.73. The first-order valence-corrected chi connectivity index (χ1v) is 7.02. The van der Waals surface area contributed by atoms with Crippen LogP contribution in [0.2, 0.25) is 0 Å². The van der Waals surface area contributed by atoms with E-state index < -0.39 is 0 Å². The number of rotatable bonds is 6. The molecule has 0 aliphatic heterocycles. The lowest BCUT2D eigenvalue weighted by Crippen LogP contribution is -1.95. The molecule has 0 heterocycles. The van der Waals surface area contributed by atoms with E-state index in [-0.39, 0.29) is 11.7 Å².